The lowest BCUT2D eigenvalue weighted by atomic mass is 9.70. The minimum Gasteiger partial charge on any atom is -0.455 e. The third-order valence-corrected chi connectivity index (χ3v) is 13.3. The number of furan rings is 1. The standard InChI is InChI=1S/C59H37NO/c1-3-17-38(18-4-1)43-22-12-16-30-55(43)60(42-32-34-49-50-35-40-21-7-8-23-44(40)57(39-19-5-2-6-20-39)58(50)61-56(49)37-42)41-31-33-48-47-26-11-15-29-53(47)59(54(48)36-41)51-27-13-9-24-45(51)46-25-10-14-28-52(46)59/h1-37H. The Kier molecular flexibility index (Phi) is 7.26. The van der Waals surface area contributed by atoms with Gasteiger partial charge in [-0.3, -0.25) is 0 Å². The van der Waals surface area contributed by atoms with Crippen molar-refractivity contribution in [2.24, 2.45) is 0 Å². The van der Waals surface area contributed by atoms with Crippen LogP contribution in [0.25, 0.3) is 77.2 Å². The fourth-order valence-corrected chi connectivity index (χ4v) is 10.8. The minimum absolute atomic E-state index is 0.460. The van der Waals surface area contributed by atoms with Gasteiger partial charge in [-0.05, 0) is 103 Å². The zero-order chi connectivity index (χ0) is 40.1. The Balaban J connectivity index is 1.08. The Hall–Kier alpha value is -7.94. The number of hydrogen-bond acceptors (Lipinski definition) is 2. The Morgan fingerprint density at radius 1 is 0.344 bits per heavy atom. The second kappa shape index (κ2) is 13.0. The zero-order valence-electron chi connectivity index (χ0n) is 33.2. The van der Waals surface area contributed by atoms with E-state index < -0.39 is 5.41 Å². The fourth-order valence-electron chi connectivity index (χ4n) is 10.8. The summed E-state index contributed by atoms with van der Waals surface area (Å²) in [5, 5.41) is 4.59. The molecular formula is C59H37NO. The molecule has 2 aliphatic carbocycles. The molecule has 0 bridgehead atoms. The Labute approximate surface area is 354 Å². The molecule has 1 spiro atoms. The minimum atomic E-state index is -0.460. The first-order valence-corrected chi connectivity index (χ1v) is 21.1. The number of nitrogens with zero attached hydrogens (tertiary/aromatic N) is 1. The molecule has 2 aliphatic rings. The summed E-state index contributed by atoms with van der Waals surface area (Å²) in [5.74, 6) is 0. The Bertz CT molecular complexity index is 3480. The molecule has 0 N–H and O–H groups in total. The number of rotatable bonds is 5. The van der Waals surface area contributed by atoms with Crippen LogP contribution >= 0.6 is 0 Å². The van der Waals surface area contributed by atoms with Crippen LogP contribution in [0.4, 0.5) is 17.1 Å². The van der Waals surface area contributed by atoms with E-state index in [1.807, 2.05) is 0 Å². The summed E-state index contributed by atoms with van der Waals surface area (Å²) in [6.45, 7) is 0. The molecule has 0 fully saturated rings. The van der Waals surface area contributed by atoms with Gasteiger partial charge in [-0.1, -0.05) is 182 Å². The monoisotopic (exact) mass is 775 g/mol. The second-order valence-electron chi connectivity index (χ2n) is 16.3. The van der Waals surface area contributed by atoms with Crippen molar-refractivity contribution in [2.75, 3.05) is 4.90 Å². The summed E-state index contributed by atoms with van der Waals surface area (Å²) >= 11 is 0. The number of para-hydroxylation sites is 1. The molecular weight excluding hydrogens is 739 g/mol. The maximum absolute atomic E-state index is 7.07. The van der Waals surface area contributed by atoms with Gasteiger partial charge < -0.3 is 9.32 Å². The van der Waals surface area contributed by atoms with Gasteiger partial charge in [0.15, 0.2) is 0 Å². The van der Waals surface area contributed by atoms with E-state index in [-0.39, 0.29) is 0 Å². The summed E-state index contributed by atoms with van der Waals surface area (Å²) in [7, 11) is 0. The Morgan fingerprint density at radius 3 is 1.56 bits per heavy atom. The Morgan fingerprint density at radius 2 is 0.869 bits per heavy atom. The highest BCUT2D eigenvalue weighted by molar-refractivity contribution is 6.18. The van der Waals surface area contributed by atoms with E-state index in [9.17, 15) is 0 Å². The predicted molar refractivity (Wildman–Crippen MR) is 253 cm³/mol. The molecule has 0 radical (unpaired) electrons. The molecule has 0 aliphatic heterocycles. The van der Waals surface area contributed by atoms with E-state index in [2.05, 4.69) is 229 Å². The zero-order valence-corrected chi connectivity index (χ0v) is 33.2. The van der Waals surface area contributed by atoms with Crippen molar-refractivity contribution >= 4 is 49.8 Å². The molecule has 2 nitrogen and oxygen atoms in total. The van der Waals surface area contributed by atoms with E-state index in [4.69, 9.17) is 4.42 Å². The van der Waals surface area contributed by atoms with Crippen molar-refractivity contribution in [3.8, 4) is 44.5 Å². The molecule has 0 saturated heterocycles. The van der Waals surface area contributed by atoms with Crippen LogP contribution in [0, 0.1) is 0 Å². The van der Waals surface area contributed by atoms with Crippen LogP contribution in [0.2, 0.25) is 0 Å². The summed E-state index contributed by atoms with van der Waals surface area (Å²) < 4.78 is 7.07. The van der Waals surface area contributed by atoms with Gasteiger partial charge in [-0.15, -0.1) is 0 Å². The molecule has 0 atom stereocenters. The lowest BCUT2D eigenvalue weighted by Crippen LogP contribution is -2.26. The molecule has 284 valence electrons. The second-order valence-corrected chi connectivity index (χ2v) is 16.3. The van der Waals surface area contributed by atoms with Gasteiger partial charge in [0.05, 0.1) is 11.1 Å². The van der Waals surface area contributed by atoms with Gasteiger partial charge in [0.2, 0.25) is 0 Å². The first-order valence-electron chi connectivity index (χ1n) is 21.1. The fraction of sp³-hybridized carbons (Fsp3) is 0.0169. The summed E-state index contributed by atoms with van der Waals surface area (Å²) in [6.07, 6.45) is 0. The number of fused-ring (bicyclic) bond motifs is 14. The molecule has 13 rings (SSSR count). The van der Waals surface area contributed by atoms with Gasteiger partial charge in [-0.25, -0.2) is 0 Å². The third kappa shape index (κ3) is 4.79. The summed E-state index contributed by atoms with van der Waals surface area (Å²) in [5.41, 5.74) is 19.6. The molecule has 10 aromatic carbocycles. The number of anilines is 3. The van der Waals surface area contributed by atoms with Crippen molar-refractivity contribution in [3.63, 3.8) is 0 Å². The maximum atomic E-state index is 7.07. The predicted octanol–water partition coefficient (Wildman–Crippen LogP) is 15.9. The molecule has 1 heterocycles. The van der Waals surface area contributed by atoms with E-state index in [1.54, 1.807) is 0 Å². The summed E-state index contributed by atoms with van der Waals surface area (Å²) in [6, 6.07) is 82.1. The van der Waals surface area contributed by atoms with E-state index in [1.165, 1.54) is 55.3 Å². The molecule has 11 aromatic rings. The van der Waals surface area contributed by atoms with E-state index >= 15 is 0 Å². The van der Waals surface area contributed by atoms with Crippen LogP contribution in [-0.2, 0) is 5.41 Å². The number of hydrogen-bond donors (Lipinski definition) is 0. The largest absolute Gasteiger partial charge is 0.455 e. The lowest BCUT2D eigenvalue weighted by molar-refractivity contribution is 0.670. The first-order chi connectivity index (χ1) is 30.3. The van der Waals surface area contributed by atoms with Crippen LogP contribution in [0.1, 0.15) is 22.3 Å². The maximum Gasteiger partial charge on any atom is 0.143 e. The van der Waals surface area contributed by atoms with Gasteiger partial charge in [-0.2, -0.15) is 0 Å². The smallest absolute Gasteiger partial charge is 0.143 e. The summed E-state index contributed by atoms with van der Waals surface area (Å²) in [4.78, 5) is 2.44. The molecule has 1 aromatic heterocycles. The highest BCUT2D eigenvalue weighted by Gasteiger charge is 2.51. The van der Waals surface area contributed by atoms with Crippen LogP contribution in [0.3, 0.4) is 0 Å². The van der Waals surface area contributed by atoms with Gasteiger partial charge in [0, 0.05) is 39.3 Å². The SMILES string of the molecule is c1ccc(-c2ccccc2N(c2ccc3c(c2)C2(c4ccccc4-c4ccccc42)c2ccccc2-3)c2ccc3c(c2)oc2c(-c4ccccc4)c4ccccc4cc23)cc1. The molecule has 0 unspecified atom stereocenters. The average Bonchev–Trinajstić information content (AvgIpc) is 3.95. The van der Waals surface area contributed by atoms with E-state index in [0.29, 0.717) is 0 Å². The van der Waals surface area contributed by atoms with E-state index in [0.717, 1.165) is 61.3 Å². The number of benzene rings is 10. The van der Waals surface area contributed by atoms with Gasteiger partial charge in [0.1, 0.15) is 11.2 Å². The van der Waals surface area contributed by atoms with Crippen LogP contribution in [-0.4, -0.2) is 0 Å². The van der Waals surface area contributed by atoms with Crippen LogP contribution in [0.5, 0.6) is 0 Å². The highest BCUT2D eigenvalue weighted by Crippen LogP contribution is 2.63. The van der Waals surface area contributed by atoms with Crippen molar-refractivity contribution < 1.29 is 4.42 Å². The molecule has 61 heavy (non-hydrogen) atoms. The van der Waals surface area contributed by atoms with Crippen LogP contribution < -0.4 is 4.90 Å². The molecule has 0 saturated carbocycles. The first kappa shape index (κ1) is 34.0. The average molecular weight is 776 g/mol. The topological polar surface area (TPSA) is 16.4 Å². The normalized spacial score (nSPS) is 13.0. The molecule has 2 heteroatoms. The quantitative estimate of drug-likeness (QED) is 0.173. The van der Waals surface area contributed by atoms with Crippen LogP contribution in [0.15, 0.2) is 229 Å². The third-order valence-electron chi connectivity index (χ3n) is 13.3. The van der Waals surface area contributed by atoms with Gasteiger partial charge >= 0.3 is 0 Å². The van der Waals surface area contributed by atoms with Crippen molar-refractivity contribution in [1.82, 2.24) is 0 Å². The van der Waals surface area contributed by atoms with Crippen molar-refractivity contribution in [1.29, 1.82) is 0 Å². The van der Waals surface area contributed by atoms with Crippen molar-refractivity contribution in [2.45, 2.75) is 5.41 Å². The molecule has 0 amide bonds. The highest BCUT2D eigenvalue weighted by atomic mass is 16.3. The van der Waals surface area contributed by atoms with Crippen molar-refractivity contribution in [3.05, 3.63) is 247 Å². The lowest BCUT2D eigenvalue weighted by Gasteiger charge is -2.32. The van der Waals surface area contributed by atoms with Gasteiger partial charge in [0.25, 0.3) is 0 Å².